The summed E-state index contributed by atoms with van der Waals surface area (Å²) in [6.45, 7) is -0.392. The van der Waals surface area contributed by atoms with E-state index in [0.29, 0.717) is 0 Å². The lowest BCUT2D eigenvalue weighted by Gasteiger charge is -2.18. The molecule has 25 heavy (non-hydrogen) atoms. The van der Waals surface area contributed by atoms with Crippen molar-refractivity contribution in [3.63, 3.8) is 0 Å². The van der Waals surface area contributed by atoms with Crippen molar-refractivity contribution in [1.82, 2.24) is 5.32 Å². The van der Waals surface area contributed by atoms with Gasteiger partial charge in [0.1, 0.15) is 18.0 Å². The summed E-state index contributed by atoms with van der Waals surface area (Å²) in [6.07, 6.45) is 0.145. The SMILES string of the molecule is COc1ccc(C(CC(=O)NCC(=O)O)c2ccc(OC)cc2)cc1. The minimum absolute atomic E-state index is 0.145. The zero-order valence-corrected chi connectivity index (χ0v) is 14.2. The molecule has 0 saturated heterocycles. The lowest BCUT2D eigenvalue weighted by molar-refractivity contribution is -0.138. The number of nitrogens with one attached hydrogen (secondary N) is 1. The van der Waals surface area contributed by atoms with Gasteiger partial charge in [0.25, 0.3) is 0 Å². The first-order valence-corrected chi connectivity index (χ1v) is 7.80. The van der Waals surface area contributed by atoms with Gasteiger partial charge in [-0.2, -0.15) is 0 Å². The van der Waals surface area contributed by atoms with E-state index < -0.39 is 12.5 Å². The van der Waals surface area contributed by atoms with Crippen molar-refractivity contribution in [1.29, 1.82) is 0 Å². The van der Waals surface area contributed by atoms with Crippen LogP contribution in [0.15, 0.2) is 48.5 Å². The van der Waals surface area contributed by atoms with E-state index in [0.717, 1.165) is 22.6 Å². The smallest absolute Gasteiger partial charge is 0.322 e. The summed E-state index contributed by atoms with van der Waals surface area (Å²) in [6, 6.07) is 14.9. The summed E-state index contributed by atoms with van der Waals surface area (Å²) in [5.41, 5.74) is 1.88. The van der Waals surface area contributed by atoms with Crippen LogP contribution in [0.1, 0.15) is 23.5 Å². The average Bonchev–Trinajstić information content (AvgIpc) is 2.64. The molecule has 0 aliphatic carbocycles. The fourth-order valence-electron chi connectivity index (χ4n) is 2.53. The van der Waals surface area contributed by atoms with E-state index in [-0.39, 0.29) is 18.2 Å². The monoisotopic (exact) mass is 343 g/mol. The molecule has 0 heterocycles. The normalized spacial score (nSPS) is 10.4. The molecule has 2 aromatic carbocycles. The molecule has 132 valence electrons. The van der Waals surface area contributed by atoms with Crippen LogP contribution in [0.3, 0.4) is 0 Å². The number of carbonyl (C=O) groups is 2. The van der Waals surface area contributed by atoms with Gasteiger partial charge in [0.15, 0.2) is 0 Å². The second-order valence-corrected chi connectivity index (χ2v) is 5.47. The van der Waals surface area contributed by atoms with Crippen molar-refractivity contribution in [2.75, 3.05) is 20.8 Å². The van der Waals surface area contributed by atoms with Crippen LogP contribution in [-0.4, -0.2) is 37.7 Å². The van der Waals surface area contributed by atoms with Gasteiger partial charge in [0.2, 0.25) is 5.91 Å². The predicted molar refractivity (Wildman–Crippen MR) is 93.1 cm³/mol. The maximum absolute atomic E-state index is 12.1. The molecule has 0 radical (unpaired) electrons. The number of benzene rings is 2. The van der Waals surface area contributed by atoms with E-state index in [1.807, 2.05) is 48.5 Å². The zero-order chi connectivity index (χ0) is 18.2. The van der Waals surface area contributed by atoms with Crippen LogP contribution in [0.2, 0.25) is 0 Å². The molecule has 0 bridgehead atoms. The molecular weight excluding hydrogens is 322 g/mol. The fraction of sp³-hybridized carbons (Fsp3) is 0.263. The van der Waals surface area contributed by atoms with Crippen molar-refractivity contribution in [3.8, 4) is 11.5 Å². The molecule has 0 fully saturated rings. The first-order valence-electron chi connectivity index (χ1n) is 7.80. The van der Waals surface area contributed by atoms with Crippen LogP contribution >= 0.6 is 0 Å². The number of carbonyl (C=O) groups excluding carboxylic acids is 1. The summed E-state index contributed by atoms with van der Waals surface area (Å²) in [5, 5.41) is 11.1. The molecule has 0 saturated carbocycles. The van der Waals surface area contributed by atoms with Crippen LogP contribution in [0, 0.1) is 0 Å². The molecular formula is C19H21NO5. The van der Waals surface area contributed by atoms with E-state index in [9.17, 15) is 9.59 Å². The Kier molecular flexibility index (Phi) is 6.39. The number of amides is 1. The molecule has 0 spiro atoms. The Balaban J connectivity index is 2.25. The third-order valence-corrected chi connectivity index (χ3v) is 3.86. The maximum Gasteiger partial charge on any atom is 0.322 e. The van der Waals surface area contributed by atoms with E-state index in [4.69, 9.17) is 14.6 Å². The van der Waals surface area contributed by atoms with Gasteiger partial charge in [-0.15, -0.1) is 0 Å². The molecule has 6 heteroatoms. The second kappa shape index (κ2) is 8.73. The highest BCUT2D eigenvalue weighted by molar-refractivity contribution is 5.82. The van der Waals surface area contributed by atoms with Crippen LogP contribution in [0.5, 0.6) is 11.5 Å². The lowest BCUT2D eigenvalue weighted by Crippen LogP contribution is -2.30. The van der Waals surface area contributed by atoms with Crippen molar-refractivity contribution < 1.29 is 24.2 Å². The number of ether oxygens (including phenoxy) is 2. The van der Waals surface area contributed by atoms with E-state index in [1.54, 1.807) is 14.2 Å². The molecule has 0 aromatic heterocycles. The van der Waals surface area contributed by atoms with Gasteiger partial charge in [-0.1, -0.05) is 24.3 Å². The molecule has 0 aliphatic heterocycles. The number of methoxy groups -OCH3 is 2. The quantitative estimate of drug-likeness (QED) is 0.769. The minimum atomic E-state index is -1.07. The summed E-state index contributed by atoms with van der Waals surface area (Å²) in [5.74, 6) is -0.136. The Morgan fingerprint density at radius 2 is 1.36 bits per heavy atom. The summed E-state index contributed by atoms with van der Waals surface area (Å²) in [7, 11) is 3.19. The van der Waals surface area contributed by atoms with Crippen molar-refractivity contribution >= 4 is 11.9 Å². The summed E-state index contributed by atoms with van der Waals surface area (Å²) < 4.78 is 10.3. The molecule has 2 N–H and O–H groups in total. The molecule has 0 unspecified atom stereocenters. The lowest BCUT2D eigenvalue weighted by atomic mass is 9.88. The van der Waals surface area contributed by atoms with Crippen LogP contribution in [0.4, 0.5) is 0 Å². The number of hydrogen-bond acceptors (Lipinski definition) is 4. The first-order chi connectivity index (χ1) is 12.0. The third-order valence-electron chi connectivity index (χ3n) is 3.86. The standard InChI is InChI=1S/C19H21NO5/c1-24-15-7-3-13(4-8-15)17(11-18(21)20-12-19(22)23)14-5-9-16(25-2)10-6-14/h3-10,17H,11-12H2,1-2H3,(H,20,21)(H,22,23). The molecule has 6 nitrogen and oxygen atoms in total. The Morgan fingerprint density at radius 1 is 0.920 bits per heavy atom. The molecule has 2 aromatic rings. The molecule has 1 amide bonds. The fourth-order valence-corrected chi connectivity index (χ4v) is 2.53. The largest absolute Gasteiger partial charge is 0.497 e. The summed E-state index contributed by atoms with van der Waals surface area (Å²) >= 11 is 0. The Bertz CT molecular complexity index is 662. The zero-order valence-electron chi connectivity index (χ0n) is 14.2. The van der Waals surface area contributed by atoms with Crippen molar-refractivity contribution in [2.45, 2.75) is 12.3 Å². The molecule has 0 atom stereocenters. The van der Waals surface area contributed by atoms with E-state index in [2.05, 4.69) is 5.32 Å². The summed E-state index contributed by atoms with van der Waals surface area (Å²) in [4.78, 5) is 22.8. The van der Waals surface area contributed by atoms with E-state index in [1.165, 1.54) is 0 Å². The van der Waals surface area contributed by atoms with Crippen molar-refractivity contribution in [3.05, 3.63) is 59.7 Å². The topological polar surface area (TPSA) is 84.9 Å². The van der Waals surface area contributed by atoms with Gasteiger partial charge in [0, 0.05) is 12.3 Å². The maximum atomic E-state index is 12.1. The second-order valence-electron chi connectivity index (χ2n) is 5.47. The van der Waals surface area contributed by atoms with Crippen LogP contribution in [-0.2, 0) is 9.59 Å². The Hall–Kier alpha value is -3.02. The van der Waals surface area contributed by atoms with Crippen LogP contribution in [0.25, 0.3) is 0 Å². The highest BCUT2D eigenvalue weighted by atomic mass is 16.5. The van der Waals surface area contributed by atoms with Gasteiger partial charge in [-0.05, 0) is 35.4 Å². The molecule has 0 aliphatic rings. The van der Waals surface area contributed by atoms with Gasteiger partial charge in [0.05, 0.1) is 14.2 Å². The number of carboxylic acids is 1. The predicted octanol–water partition coefficient (Wildman–Crippen LogP) is 2.43. The minimum Gasteiger partial charge on any atom is -0.497 e. The van der Waals surface area contributed by atoms with Gasteiger partial charge in [-0.25, -0.2) is 0 Å². The number of aliphatic carboxylic acids is 1. The number of hydrogen-bond donors (Lipinski definition) is 2. The highest BCUT2D eigenvalue weighted by Gasteiger charge is 2.19. The average molecular weight is 343 g/mol. The van der Waals surface area contributed by atoms with Gasteiger partial charge < -0.3 is 19.9 Å². The van der Waals surface area contributed by atoms with Gasteiger partial charge in [-0.3, -0.25) is 9.59 Å². The van der Waals surface area contributed by atoms with Gasteiger partial charge >= 0.3 is 5.97 Å². The Labute approximate surface area is 146 Å². The molecule has 2 rings (SSSR count). The number of rotatable bonds is 8. The third kappa shape index (κ3) is 5.24. The van der Waals surface area contributed by atoms with Crippen molar-refractivity contribution in [2.24, 2.45) is 0 Å². The highest BCUT2D eigenvalue weighted by Crippen LogP contribution is 2.30. The van der Waals surface area contributed by atoms with Crippen LogP contribution < -0.4 is 14.8 Å². The van der Waals surface area contributed by atoms with E-state index >= 15 is 0 Å². The number of carboxylic acid groups (broad SMARTS) is 1. The Morgan fingerprint density at radius 3 is 1.72 bits per heavy atom. The first kappa shape index (κ1) is 18.3.